The lowest BCUT2D eigenvalue weighted by Crippen LogP contribution is -2.39. The minimum Gasteiger partial charge on any atom is -0.507 e. The first-order valence-corrected chi connectivity index (χ1v) is 6.21. The number of esters is 1. The Balaban J connectivity index is 2.73. The van der Waals surface area contributed by atoms with E-state index in [9.17, 15) is 14.7 Å². The Kier molecular flexibility index (Phi) is 5.15. The highest BCUT2D eigenvalue weighted by atomic mass is 79.9. The van der Waals surface area contributed by atoms with Crippen LogP contribution in [-0.4, -0.2) is 29.6 Å². The summed E-state index contributed by atoms with van der Waals surface area (Å²) in [7, 11) is 0. The Labute approximate surface area is 113 Å². The number of phenols is 1. The van der Waals surface area contributed by atoms with E-state index in [-0.39, 0.29) is 17.9 Å². The van der Waals surface area contributed by atoms with E-state index < -0.39 is 17.9 Å². The van der Waals surface area contributed by atoms with Gasteiger partial charge in [-0.05, 0) is 32.0 Å². The van der Waals surface area contributed by atoms with E-state index in [1.807, 2.05) is 0 Å². The van der Waals surface area contributed by atoms with E-state index in [2.05, 4.69) is 21.2 Å². The summed E-state index contributed by atoms with van der Waals surface area (Å²) in [6.07, 6.45) is 0. The third-order valence-corrected chi connectivity index (χ3v) is 2.69. The van der Waals surface area contributed by atoms with Gasteiger partial charge in [-0.25, -0.2) is 4.79 Å². The highest BCUT2D eigenvalue weighted by molar-refractivity contribution is 9.10. The number of benzene rings is 1. The molecular weight excluding hydrogens is 302 g/mol. The molecule has 0 aliphatic heterocycles. The molecule has 0 heterocycles. The molecule has 98 valence electrons. The molecule has 0 aromatic heterocycles. The predicted octanol–water partition coefficient (Wildman–Crippen LogP) is 1.84. The van der Waals surface area contributed by atoms with Crippen molar-refractivity contribution in [2.24, 2.45) is 0 Å². The lowest BCUT2D eigenvalue weighted by atomic mass is 10.2. The van der Waals surface area contributed by atoms with Crippen molar-refractivity contribution in [3.63, 3.8) is 0 Å². The maximum Gasteiger partial charge on any atom is 0.328 e. The molecule has 0 aliphatic rings. The molecule has 0 fully saturated rings. The van der Waals surface area contributed by atoms with Crippen molar-refractivity contribution in [3.8, 4) is 5.75 Å². The Bertz CT molecular complexity index is 461. The topological polar surface area (TPSA) is 75.6 Å². The quantitative estimate of drug-likeness (QED) is 0.831. The van der Waals surface area contributed by atoms with E-state index in [0.29, 0.717) is 4.47 Å². The zero-order chi connectivity index (χ0) is 13.7. The summed E-state index contributed by atoms with van der Waals surface area (Å²) in [6, 6.07) is 3.74. The van der Waals surface area contributed by atoms with Crippen LogP contribution in [-0.2, 0) is 9.53 Å². The van der Waals surface area contributed by atoms with Crippen LogP contribution in [0.5, 0.6) is 5.75 Å². The lowest BCUT2D eigenvalue weighted by Gasteiger charge is -2.13. The van der Waals surface area contributed by atoms with Gasteiger partial charge in [0, 0.05) is 4.47 Å². The van der Waals surface area contributed by atoms with Crippen LogP contribution in [0, 0.1) is 0 Å². The fourth-order valence-corrected chi connectivity index (χ4v) is 1.65. The maximum absolute atomic E-state index is 11.8. The number of hydrogen-bond acceptors (Lipinski definition) is 4. The van der Waals surface area contributed by atoms with E-state index in [4.69, 9.17) is 4.74 Å². The number of phenolic OH excluding ortho intramolecular Hbond substituents is 1. The number of carbonyl (C=O) groups excluding carboxylic acids is 2. The van der Waals surface area contributed by atoms with Crippen molar-refractivity contribution in [2.75, 3.05) is 6.61 Å². The van der Waals surface area contributed by atoms with E-state index in [1.54, 1.807) is 13.0 Å². The first-order chi connectivity index (χ1) is 8.45. The SMILES string of the molecule is CCOC(=O)C(C)NC(=O)c1ccc(Br)cc1O. The molecule has 0 spiro atoms. The van der Waals surface area contributed by atoms with E-state index >= 15 is 0 Å². The molecule has 0 bridgehead atoms. The number of aromatic hydroxyl groups is 1. The molecule has 1 unspecified atom stereocenters. The average molecular weight is 316 g/mol. The van der Waals surface area contributed by atoms with Gasteiger partial charge in [0.15, 0.2) is 0 Å². The van der Waals surface area contributed by atoms with Gasteiger partial charge < -0.3 is 15.2 Å². The van der Waals surface area contributed by atoms with Crippen molar-refractivity contribution in [3.05, 3.63) is 28.2 Å². The largest absolute Gasteiger partial charge is 0.507 e. The fourth-order valence-electron chi connectivity index (χ4n) is 1.30. The average Bonchev–Trinajstić information content (AvgIpc) is 2.28. The normalized spacial score (nSPS) is 11.7. The van der Waals surface area contributed by atoms with Crippen molar-refractivity contribution < 1.29 is 19.4 Å². The number of ether oxygens (including phenoxy) is 1. The molecule has 1 amide bonds. The summed E-state index contributed by atoms with van der Waals surface area (Å²) >= 11 is 3.17. The molecule has 0 radical (unpaired) electrons. The van der Waals surface area contributed by atoms with Crippen LogP contribution in [0.3, 0.4) is 0 Å². The van der Waals surface area contributed by atoms with E-state index in [0.717, 1.165) is 0 Å². The van der Waals surface area contributed by atoms with Crippen molar-refractivity contribution >= 4 is 27.8 Å². The van der Waals surface area contributed by atoms with Crippen LogP contribution >= 0.6 is 15.9 Å². The van der Waals surface area contributed by atoms with Crippen LogP contribution in [0.1, 0.15) is 24.2 Å². The first-order valence-electron chi connectivity index (χ1n) is 5.41. The summed E-state index contributed by atoms with van der Waals surface area (Å²) in [5, 5.41) is 12.1. The number of hydrogen-bond donors (Lipinski definition) is 2. The van der Waals surface area contributed by atoms with Crippen molar-refractivity contribution in [1.29, 1.82) is 0 Å². The van der Waals surface area contributed by atoms with Crippen molar-refractivity contribution in [2.45, 2.75) is 19.9 Å². The molecule has 1 atom stereocenters. The molecule has 5 nitrogen and oxygen atoms in total. The minimum absolute atomic E-state index is 0.106. The maximum atomic E-state index is 11.8. The predicted molar refractivity (Wildman–Crippen MR) is 69.4 cm³/mol. The van der Waals surface area contributed by atoms with Crippen LogP contribution in [0.15, 0.2) is 22.7 Å². The Morgan fingerprint density at radius 3 is 2.72 bits per heavy atom. The number of carbonyl (C=O) groups is 2. The minimum atomic E-state index is -0.763. The molecule has 0 aliphatic carbocycles. The van der Waals surface area contributed by atoms with Gasteiger partial charge in [0.1, 0.15) is 11.8 Å². The van der Waals surface area contributed by atoms with Gasteiger partial charge in [0.2, 0.25) is 0 Å². The second-order valence-electron chi connectivity index (χ2n) is 3.61. The van der Waals surface area contributed by atoms with Gasteiger partial charge in [-0.15, -0.1) is 0 Å². The summed E-state index contributed by atoms with van der Waals surface area (Å²) in [5.41, 5.74) is 0.106. The standard InChI is InChI=1S/C12H14BrNO4/c1-3-18-12(17)7(2)14-11(16)9-5-4-8(13)6-10(9)15/h4-7,15H,3H2,1-2H3,(H,14,16). The zero-order valence-electron chi connectivity index (χ0n) is 10.1. The summed E-state index contributed by atoms with van der Waals surface area (Å²) < 4.78 is 5.43. The number of amides is 1. The van der Waals surface area contributed by atoms with Gasteiger partial charge in [-0.2, -0.15) is 0 Å². The summed E-state index contributed by atoms with van der Waals surface area (Å²) in [6.45, 7) is 3.46. The number of halogens is 1. The molecule has 1 aromatic carbocycles. The van der Waals surface area contributed by atoms with Crippen molar-refractivity contribution in [1.82, 2.24) is 5.32 Å². The molecule has 0 saturated heterocycles. The van der Waals surface area contributed by atoms with Gasteiger partial charge in [-0.3, -0.25) is 4.79 Å². The molecule has 1 rings (SSSR count). The monoisotopic (exact) mass is 315 g/mol. The molecule has 2 N–H and O–H groups in total. The molecule has 1 aromatic rings. The van der Waals surface area contributed by atoms with Gasteiger partial charge in [0.25, 0.3) is 5.91 Å². The van der Waals surface area contributed by atoms with Gasteiger partial charge in [-0.1, -0.05) is 15.9 Å². The third-order valence-electron chi connectivity index (χ3n) is 2.19. The Morgan fingerprint density at radius 1 is 1.50 bits per heavy atom. The molecule has 6 heteroatoms. The van der Waals surface area contributed by atoms with Crippen LogP contribution in [0.4, 0.5) is 0 Å². The van der Waals surface area contributed by atoms with Crippen LogP contribution in [0.2, 0.25) is 0 Å². The van der Waals surface area contributed by atoms with Crippen LogP contribution in [0.25, 0.3) is 0 Å². The molecule has 0 saturated carbocycles. The molecular formula is C12H14BrNO4. The van der Waals surface area contributed by atoms with Gasteiger partial charge in [0.05, 0.1) is 12.2 Å². The van der Waals surface area contributed by atoms with Crippen LogP contribution < -0.4 is 5.32 Å². The second-order valence-corrected chi connectivity index (χ2v) is 4.52. The highest BCUT2D eigenvalue weighted by Crippen LogP contribution is 2.22. The van der Waals surface area contributed by atoms with Gasteiger partial charge >= 0.3 is 5.97 Å². The third kappa shape index (κ3) is 3.73. The Morgan fingerprint density at radius 2 is 2.17 bits per heavy atom. The summed E-state index contributed by atoms with van der Waals surface area (Å²) in [5.74, 6) is -1.19. The van der Waals surface area contributed by atoms with E-state index in [1.165, 1.54) is 19.1 Å². The first kappa shape index (κ1) is 14.5. The molecule has 18 heavy (non-hydrogen) atoms. The smallest absolute Gasteiger partial charge is 0.328 e. The number of rotatable bonds is 4. The zero-order valence-corrected chi connectivity index (χ0v) is 11.7. The number of nitrogens with one attached hydrogen (secondary N) is 1. The fraction of sp³-hybridized carbons (Fsp3) is 0.333. The highest BCUT2D eigenvalue weighted by Gasteiger charge is 2.19. The lowest BCUT2D eigenvalue weighted by molar-refractivity contribution is -0.144. The Hall–Kier alpha value is -1.56. The summed E-state index contributed by atoms with van der Waals surface area (Å²) in [4.78, 5) is 23.1. The second kappa shape index (κ2) is 6.39.